The van der Waals surface area contributed by atoms with E-state index in [1.165, 1.54) is 0 Å². The Morgan fingerprint density at radius 1 is 1.12 bits per heavy atom. The fraction of sp³-hybridized carbons (Fsp3) is 0.600. The van der Waals surface area contributed by atoms with Crippen LogP contribution in [0.3, 0.4) is 0 Å². The largest absolute Gasteiger partial charge is 0.497 e. The van der Waals surface area contributed by atoms with E-state index in [2.05, 4.69) is 12.2 Å². The number of carbonyl (C=O) groups is 4. The number of carbonyl (C=O) groups excluding carboxylic acids is 4. The normalized spacial score (nSPS) is 24.2. The van der Waals surface area contributed by atoms with Gasteiger partial charge in [0.05, 0.1) is 7.11 Å². The molecule has 9 nitrogen and oxygen atoms in total. The number of rotatable bonds is 9. The van der Waals surface area contributed by atoms with Crippen molar-refractivity contribution in [3.63, 3.8) is 0 Å². The van der Waals surface area contributed by atoms with Gasteiger partial charge < -0.3 is 19.7 Å². The summed E-state index contributed by atoms with van der Waals surface area (Å²) >= 11 is 0. The van der Waals surface area contributed by atoms with Gasteiger partial charge in [-0.2, -0.15) is 0 Å². The third kappa shape index (κ3) is 5.18. The molecule has 1 spiro atoms. The highest BCUT2D eigenvalue weighted by Crippen LogP contribution is 2.37. The zero-order chi connectivity index (χ0) is 24.3. The zero-order valence-electron chi connectivity index (χ0n) is 19.9. The Bertz CT molecular complexity index is 934. The maximum absolute atomic E-state index is 13.0. The average molecular weight is 472 g/mol. The Morgan fingerprint density at radius 3 is 2.38 bits per heavy atom. The van der Waals surface area contributed by atoms with Gasteiger partial charge in [-0.3, -0.25) is 19.3 Å². The Labute approximate surface area is 199 Å². The molecule has 2 aliphatic carbocycles. The van der Waals surface area contributed by atoms with Crippen molar-refractivity contribution in [2.45, 2.75) is 70.0 Å². The minimum Gasteiger partial charge on any atom is -0.497 e. The third-order valence-electron chi connectivity index (χ3n) is 7.25. The summed E-state index contributed by atoms with van der Waals surface area (Å²) in [6, 6.07) is 7.04. The molecule has 0 radical (unpaired) electrons. The van der Waals surface area contributed by atoms with Gasteiger partial charge in [0.1, 0.15) is 17.8 Å². The van der Waals surface area contributed by atoms with Crippen LogP contribution in [0.1, 0.15) is 57.4 Å². The van der Waals surface area contributed by atoms with Crippen LogP contribution >= 0.6 is 0 Å². The molecule has 1 aromatic carbocycles. The highest BCUT2D eigenvalue weighted by atomic mass is 16.5. The Balaban J connectivity index is 1.29. The molecule has 184 valence electrons. The predicted octanol–water partition coefficient (Wildman–Crippen LogP) is 2.62. The summed E-state index contributed by atoms with van der Waals surface area (Å²) in [5.74, 6) is -0.126. The average Bonchev–Trinajstić information content (AvgIpc) is 3.66. The summed E-state index contributed by atoms with van der Waals surface area (Å²) in [6.45, 7) is 1.64. The molecule has 1 aliphatic heterocycles. The molecule has 3 aliphatic rings. The van der Waals surface area contributed by atoms with Crippen LogP contribution in [0.25, 0.3) is 0 Å². The van der Waals surface area contributed by atoms with E-state index in [9.17, 15) is 19.2 Å². The van der Waals surface area contributed by atoms with E-state index in [0.29, 0.717) is 25.3 Å². The molecule has 2 saturated carbocycles. The Kier molecular flexibility index (Phi) is 7.09. The van der Waals surface area contributed by atoms with Crippen molar-refractivity contribution in [3.8, 4) is 5.75 Å². The summed E-state index contributed by atoms with van der Waals surface area (Å²) in [5.41, 5.74) is 0.0507. The second-order valence-corrected chi connectivity index (χ2v) is 9.52. The maximum atomic E-state index is 13.0. The SMILES string of the molecule is CCC1CCC2(CC1)NC(=O)N(CC(=O)OCC(=O)N(Cc1ccc(OC)cc1)C1CC1)C2=O. The van der Waals surface area contributed by atoms with Crippen LogP contribution in [0, 0.1) is 5.92 Å². The molecular weight excluding hydrogens is 438 g/mol. The molecule has 1 heterocycles. The lowest BCUT2D eigenvalue weighted by Crippen LogP contribution is -2.49. The number of esters is 1. The minimum atomic E-state index is -0.903. The van der Waals surface area contributed by atoms with Crippen molar-refractivity contribution in [2.24, 2.45) is 5.92 Å². The number of nitrogens with zero attached hydrogens (tertiary/aromatic N) is 2. The number of benzene rings is 1. The molecular formula is C25H33N3O6. The van der Waals surface area contributed by atoms with Gasteiger partial charge in [0.25, 0.3) is 11.8 Å². The quantitative estimate of drug-likeness (QED) is 0.439. The van der Waals surface area contributed by atoms with E-state index >= 15 is 0 Å². The molecule has 4 amide bonds. The first-order valence-corrected chi connectivity index (χ1v) is 12.1. The second-order valence-electron chi connectivity index (χ2n) is 9.52. The zero-order valence-corrected chi connectivity index (χ0v) is 19.9. The number of ether oxygens (including phenoxy) is 2. The summed E-state index contributed by atoms with van der Waals surface area (Å²) in [7, 11) is 1.60. The van der Waals surface area contributed by atoms with E-state index in [-0.39, 0.29) is 17.9 Å². The number of urea groups is 1. The molecule has 34 heavy (non-hydrogen) atoms. The van der Waals surface area contributed by atoms with Gasteiger partial charge in [-0.05, 0) is 62.1 Å². The second kappa shape index (κ2) is 10.0. The maximum Gasteiger partial charge on any atom is 0.326 e. The highest BCUT2D eigenvalue weighted by Gasteiger charge is 2.52. The van der Waals surface area contributed by atoms with Crippen molar-refractivity contribution >= 4 is 23.8 Å². The highest BCUT2D eigenvalue weighted by molar-refractivity contribution is 6.08. The lowest BCUT2D eigenvalue weighted by atomic mass is 9.75. The lowest BCUT2D eigenvalue weighted by Gasteiger charge is -2.34. The molecule has 0 unspecified atom stereocenters. The van der Waals surface area contributed by atoms with E-state index in [1.54, 1.807) is 12.0 Å². The molecule has 0 aromatic heterocycles. The number of imide groups is 1. The van der Waals surface area contributed by atoms with Crippen molar-refractivity contribution in [2.75, 3.05) is 20.3 Å². The monoisotopic (exact) mass is 471 g/mol. The molecule has 0 bridgehead atoms. The van der Waals surface area contributed by atoms with Crippen LogP contribution in [-0.4, -0.2) is 65.5 Å². The smallest absolute Gasteiger partial charge is 0.326 e. The molecule has 1 N–H and O–H groups in total. The van der Waals surface area contributed by atoms with E-state index in [4.69, 9.17) is 9.47 Å². The Hall–Kier alpha value is -3.10. The van der Waals surface area contributed by atoms with Crippen LogP contribution in [0.4, 0.5) is 4.79 Å². The van der Waals surface area contributed by atoms with E-state index in [1.807, 2.05) is 24.3 Å². The van der Waals surface area contributed by atoms with Crippen LogP contribution in [0.2, 0.25) is 0 Å². The van der Waals surface area contributed by atoms with Crippen molar-refractivity contribution in [1.82, 2.24) is 15.1 Å². The molecule has 0 atom stereocenters. The fourth-order valence-corrected chi connectivity index (χ4v) is 4.87. The van der Waals surface area contributed by atoms with Gasteiger partial charge in [-0.1, -0.05) is 25.5 Å². The van der Waals surface area contributed by atoms with Gasteiger partial charge in [0.2, 0.25) is 0 Å². The Morgan fingerprint density at radius 2 is 1.79 bits per heavy atom. The predicted molar refractivity (Wildman–Crippen MR) is 123 cm³/mol. The lowest BCUT2D eigenvalue weighted by molar-refractivity contribution is -0.154. The van der Waals surface area contributed by atoms with Gasteiger partial charge in [-0.25, -0.2) is 4.79 Å². The molecule has 1 saturated heterocycles. The van der Waals surface area contributed by atoms with E-state index in [0.717, 1.165) is 48.3 Å². The number of hydrogen-bond acceptors (Lipinski definition) is 6. The van der Waals surface area contributed by atoms with Crippen molar-refractivity contribution in [1.29, 1.82) is 0 Å². The van der Waals surface area contributed by atoms with Crippen LogP contribution in [-0.2, 0) is 25.7 Å². The topological polar surface area (TPSA) is 105 Å². The van der Waals surface area contributed by atoms with Crippen molar-refractivity contribution in [3.05, 3.63) is 29.8 Å². The summed E-state index contributed by atoms with van der Waals surface area (Å²) in [6.07, 6.45) is 5.81. The van der Waals surface area contributed by atoms with Crippen LogP contribution < -0.4 is 10.1 Å². The summed E-state index contributed by atoms with van der Waals surface area (Å²) in [4.78, 5) is 53.3. The standard InChI is InChI=1S/C25H33N3O6/c1-3-17-10-12-25(13-11-17)23(31)28(24(32)26-25)15-22(30)34-16-21(29)27(19-6-7-19)14-18-4-8-20(33-2)9-5-18/h4-5,8-9,17,19H,3,6-7,10-16H2,1-2H3,(H,26,32). The van der Waals surface area contributed by atoms with Crippen molar-refractivity contribution < 1.29 is 28.7 Å². The van der Waals surface area contributed by atoms with Gasteiger partial charge >= 0.3 is 12.0 Å². The summed E-state index contributed by atoms with van der Waals surface area (Å²) < 4.78 is 10.3. The van der Waals surface area contributed by atoms with Crippen LogP contribution in [0.5, 0.6) is 5.75 Å². The number of methoxy groups -OCH3 is 1. The molecule has 1 aromatic rings. The fourth-order valence-electron chi connectivity index (χ4n) is 4.87. The number of hydrogen-bond donors (Lipinski definition) is 1. The minimum absolute atomic E-state index is 0.136. The van der Waals surface area contributed by atoms with Crippen LogP contribution in [0.15, 0.2) is 24.3 Å². The number of nitrogens with one attached hydrogen (secondary N) is 1. The van der Waals surface area contributed by atoms with Gasteiger partial charge in [-0.15, -0.1) is 0 Å². The molecule has 9 heteroatoms. The summed E-state index contributed by atoms with van der Waals surface area (Å²) in [5, 5.41) is 2.81. The third-order valence-corrected chi connectivity index (χ3v) is 7.25. The first kappa shape index (κ1) is 24.0. The van der Waals surface area contributed by atoms with Gasteiger partial charge in [0.15, 0.2) is 6.61 Å². The molecule has 3 fully saturated rings. The van der Waals surface area contributed by atoms with Gasteiger partial charge in [0, 0.05) is 12.6 Å². The molecule has 4 rings (SSSR count). The van der Waals surface area contributed by atoms with E-state index < -0.39 is 30.7 Å². The first-order valence-electron chi connectivity index (χ1n) is 12.1. The number of amides is 4. The first-order chi connectivity index (χ1) is 16.3.